The van der Waals surface area contributed by atoms with Gasteiger partial charge in [0.15, 0.2) is 0 Å². The van der Waals surface area contributed by atoms with Crippen molar-refractivity contribution in [3.05, 3.63) is 80.8 Å². The highest BCUT2D eigenvalue weighted by atomic mass is 35.5. The van der Waals surface area contributed by atoms with Gasteiger partial charge in [0.2, 0.25) is 0 Å². The van der Waals surface area contributed by atoms with Gasteiger partial charge in [0, 0.05) is 22.7 Å². The number of hydrogen-bond donors (Lipinski definition) is 2. The molecule has 5 nitrogen and oxygen atoms in total. The monoisotopic (exact) mass is 543 g/mol. The summed E-state index contributed by atoms with van der Waals surface area (Å²) >= 11 is 19.7. The summed E-state index contributed by atoms with van der Waals surface area (Å²) in [5, 5.41) is 17.0. The molecule has 1 saturated carbocycles. The second kappa shape index (κ2) is 11.5. The first-order chi connectivity index (χ1) is 17.5. The van der Waals surface area contributed by atoms with Gasteiger partial charge in [0.25, 0.3) is 0 Å². The number of nitrogens with zero attached hydrogens (tertiary/aromatic N) is 2. The number of para-hydroxylation sites is 1. The third-order valence-corrected chi connectivity index (χ3v) is 7.55. The van der Waals surface area contributed by atoms with Gasteiger partial charge in [-0.25, -0.2) is 4.79 Å². The predicted molar refractivity (Wildman–Crippen MR) is 150 cm³/mol. The van der Waals surface area contributed by atoms with Crippen LogP contribution < -0.4 is 10.2 Å². The number of urea groups is 1. The van der Waals surface area contributed by atoms with Crippen LogP contribution in [-0.2, 0) is 6.54 Å². The average Bonchev–Trinajstić information content (AvgIpc) is 2.90. The SMILES string of the molecule is CC.O=C1NCc2c(-c3ccccc3Cl)cc(C3CCC(=NO)CC3)cc2N1c1c(Cl)cccc1Cl. The Bertz CT molecular complexity index is 1280. The van der Waals surface area contributed by atoms with Gasteiger partial charge in [-0.2, -0.15) is 0 Å². The van der Waals surface area contributed by atoms with E-state index in [1.165, 1.54) is 0 Å². The lowest BCUT2D eigenvalue weighted by Crippen LogP contribution is -2.41. The number of amides is 2. The maximum atomic E-state index is 13.2. The van der Waals surface area contributed by atoms with Crippen LogP contribution in [0.25, 0.3) is 11.1 Å². The van der Waals surface area contributed by atoms with Crippen molar-refractivity contribution in [1.82, 2.24) is 5.32 Å². The van der Waals surface area contributed by atoms with Crippen LogP contribution in [0.2, 0.25) is 15.1 Å². The molecule has 1 aliphatic heterocycles. The number of hydrogen-bond acceptors (Lipinski definition) is 3. The smallest absolute Gasteiger partial charge is 0.326 e. The standard InChI is InChI=1S/C26H22Cl3N3O2.C2H6/c27-21-5-2-1-4-18(21)19-12-16(15-8-10-17(31-34)11-9-15)13-24-20(19)14-30-26(33)32(24)25-22(28)6-3-7-23(25)29;1-2/h1-7,12-13,15,34H,8-11,14H2,(H,30,33);1-2H3. The average molecular weight is 545 g/mol. The molecule has 0 unspecified atom stereocenters. The molecule has 0 radical (unpaired) electrons. The summed E-state index contributed by atoms with van der Waals surface area (Å²) < 4.78 is 0. The maximum absolute atomic E-state index is 13.2. The molecule has 2 aliphatic rings. The minimum absolute atomic E-state index is 0.255. The number of nitrogens with one attached hydrogen (secondary N) is 1. The Morgan fingerprint density at radius 2 is 1.56 bits per heavy atom. The van der Waals surface area contributed by atoms with E-state index in [2.05, 4.69) is 22.6 Å². The van der Waals surface area contributed by atoms with E-state index in [9.17, 15) is 4.79 Å². The number of rotatable bonds is 3. The number of oxime groups is 1. The second-order valence-electron chi connectivity index (χ2n) is 8.55. The number of fused-ring (bicyclic) bond motifs is 1. The zero-order valence-corrected chi connectivity index (χ0v) is 22.5. The van der Waals surface area contributed by atoms with Crippen LogP contribution in [0.15, 0.2) is 59.8 Å². The number of anilines is 2. The van der Waals surface area contributed by atoms with E-state index in [4.69, 9.17) is 40.0 Å². The van der Waals surface area contributed by atoms with Crippen LogP contribution in [0.5, 0.6) is 0 Å². The first kappa shape index (κ1) is 26.3. The van der Waals surface area contributed by atoms with E-state index >= 15 is 0 Å². The minimum atomic E-state index is -0.289. The Morgan fingerprint density at radius 3 is 2.19 bits per heavy atom. The van der Waals surface area contributed by atoms with Crippen molar-refractivity contribution in [3.63, 3.8) is 0 Å². The largest absolute Gasteiger partial charge is 0.411 e. The normalized spacial score (nSPS) is 17.0. The summed E-state index contributed by atoms with van der Waals surface area (Å²) in [5.74, 6) is 0.255. The van der Waals surface area contributed by atoms with Crippen LogP contribution >= 0.6 is 34.8 Å². The van der Waals surface area contributed by atoms with Gasteiger partial charge < -0.3 is 10.5 Å². The highest BCUT2D eigenvalue weighted by molar-refractivity contribution is 6.40. The first-order valence-electron chi connectivity index (χ1n) is 12.1. The molecule has 1 fully saturated rings. The molecule has 36 heavy (non-hydrogen) atoms. The Kier molecular flexibility index (Phi) is 8.45. The maximum Gasteiger partial charge on any atom is 0.326 e. The number of carbonyl (C=O) groups is 1. The molecule has 8 heteroatoms. The van der Waals surface area contributed by atoms with Crippen molar-refractivity contribution >= 4 is 57.9 Å². The lowest BCUT2D eigenvalue weighted by Gasteiger charge is -2.34. The van der Waals surface area contributed by atoms with Gasteiger partial charge in [0.1, 0.15) is 0 Å². The van der Waals surface area contributed by atoms with Crippen LogP contribution in [-0.4, -0.2) is 17.0 Å². The Hall–Kier alpha value is -2.73. The summed E-state index contributed by atoms with van der Waals surface area (Å²) in [6.07, 6.45) is 3.19. The van der Waals surface area contributed by atoms with Crippen molar-refractivity contribution < 1.29 is 10.0 Å². The second-order valence-corrected chi connectivity index (χ2v) is 9.77. The van der Waals surface area contributed by atoms with Crippen LogP contribution in [0.3, 0.4) is 0 Å². The van der Waals surface area contributed by atoms with Crippen LogP contribution in [0.4, 0.5) is 16.2 Å². The summed E-state index contributed by atoms with van der Waals surface area (Å²) in [6, 6.07) is 16.9. The fourth-order valence-corrected chi connectivity index (χ4v) is 5.68. The van der Waals surface area contributed by atoms with Crippen LogP contribution in [0, 0.1) is 0 Å². The molecule has 2 N–H and O–H groups in total. The van der Waals surface area contributed by atoms with E-state index in [-0.39, 0.29) is 11.9 Å². The van der Waals surface area contributed by atoms with Crippen molar-refractivity contribution in [2.75, 3.05) is 4.90 Å². The van der Waals surface area contributed by atoms with E-state index < -0.39 is 0 Å². The van der Waals surface area contributed by atoms with Gasteiger partial charge in [-0.15, -0.1) is 0 Å². The number of halogens is 3. The van der Waals surface area contributed by atoms with Gasteiger partial charge in [-0.1, -0.05) is 84.1 Å². The Balaban J connectivity index is 0.00000148. The van der Waals surface area contributed by atoms with E-state index in [1.54, 1.807) is 23.1 Å². The van der Waals surface area contributed by atoms with Crippen molar-refractivity contribution in [2.24, 2.45) is 5.16 Å². The Morgan fingerprint density at radius 1 is 0.917 bits per heavy atom. The summed E-state index contributed by atoms with van der Waals surface area (Å²) in [6.45, 7) is 4.36. The predicted octanol–water partition coefficient (Wildman–Crippen LogP) is 9.19. The minimum Gasteiger partial charge on any atom is -0.411 e. The molecule has 188 valence electrons. The third kappa shape index (κ3) is 5.06. The van der Waals surface area contributed by atoms with E-state index in [0.717, 1.165) is 59.3 Å². The first-order valence-corrected chi connectivity index (χ1v) is 13.2. The lowest BCUT2D eigenvalue weighted by molar-refractivity contribution is 0.247. The molecular formula is C28H28Cl3N3O2. The fraction of sp³-hybridized carbons (Fsp3) is 0.286. The molecule has 1 aliphatic carbocycles. The van der Waals surface area contributed by atoms with Crippen molar-refractivity contribution in [1.29, 1.82) is 0 Å². The van der Waals surface area contributed by atoms with Gasteiger partial charge in [-0.3, -0.25) is 4.90 Å². The molecule has 0 spiro atoms. The summed E-state index contributed by atoms with van der Waals surface area (Å²) in [5.41, 5.74) is 5.93. The summed E-state index contributed by atoms with van der Waals surface area (Å²) in [7, 11) is 0. The van der Waals surface area contributed by atoms with E-state index in [1.807, 2.05) is 38.1 Å². The quantitative estimate of drug-likeness (QED) is 0.255. The molecule has 0 aromatic heterocycles. The van der Waals surface area contributed by atoms with Gasteiger partial charge >= 0.3 is 6.03 Å². The van der Waals surface area contributed by atoms with Crippen LogP contribution in [0.1, 0.15) is 56.6 Å². The third-order valence-electron chi connectivity index (χ3n) is 6.61. The van der Waals surface area contributed by atoms with Gasteiger partial charge in [0.05, 0.1) is 27.1 Å². The highest BCUT2D eigenvalue weighted by Gasteiger charge is 2.32. The lowest BCUT2D eigenvalue weighted by atomic mass is 9.81. The molecule has 0 saturated heterocycles. The van der Waals surface area contributed by atoms with Crippen molar-refractivity contribution in [2.45, 2.75) is 52.0 Å². The highest BCUT2D eigenvalue weighted by Crippen LogP contribution is 2.46. The molecule has 0 atom stereocenters. The molecule has 3 aromatic rings. The van der Waals surface area contributed by atoms with Crippen molar-refractivity contribution in [3.8, 4) is 11.1 Å². The molecule has 1 heterocycles. The summed E-state index contributed by atoms with van der Waals surface area (Å²) in [4.78, 5) is 14.7. The molecule has 0 bridgehead atoms. The zero-order chi connectivity index (χ0) is 25.8. The fourth-order valence-electron chi connectivity index (χ4n) is 4.88. The van der Waals surface area contributed by atoms with E-state index in [0.29, 0.717) is 27.3 Å². The molecule has 2 amide bonds. The number of carbonyl (C=O) groups excluding carboxylic acids is 1. The number of benzene rings is 3. The molecule has 5 rings (SSSR count). The molecule has 3 aromatic carbocycles. The van der Waals surface area contributed by atoms with Gasteiger partial charge in [-0.05, 0) is 67.0 Å². The zero-order valence-electron chi connectivity index (χ0n) is 20.2. The molecular weight excluding hydrogens is 517 g/mol. The topological polar surface area (TPSA) is 64.9 Å². The Labute approximate surface area is 226 Å².